The third-order valence-corrected chi connectivity index (χ3v) is 2.34. The number of hydrogen-bond donors (Lipinski definition) is 2. The van der Waals surface area contributed by atoms with Crippen LogP contribution < -0.4 is 0 Å². The maximum Gasteiger partial charge on any atom is 0.114 e. The van der Waals surface area contributed by atoms with E-state index in [-0.39, 0.29) is 12.2 Å². The van der Waals surface area contributed by atoms with E-state index in [0.29, 0.717) is 0 Å². The third-order valence-electron chi connectivity index (χ3n) is 2.34. The Morgan fingerprint density at radius 1 is 1.08 bits per heavy atom. The van der Waals surface area contributed by atoms with Crippen LogP contribution in [0, 0.1) is 0 Å². The van der Waals surface area contributed by atoms with Crippen LogP contribution >= 0.6 is 0 Å². The van der Waals surface area contributed by atoms with Gasteiger partial charge in [-0.2, -0.15) is 0 Å². The number of hydrogen-bond acceptors (Lipinski definition) is 4. The molecule has 0 spiro atoms. The molecular weight excluding hydrogens is 160 g/mol. The minimum atomic E-state index is -0.749. The topological polar surface area (TPSA) is 58.9 Å². The lowest BCUT2D eigenvalue weighted by atomic mass is 9.96. The maximum atomic E-state index is 9.52. The Morgan fingerprint density at radius 3 is 1.83 bits per heavy atom. The molecule has 1 heterocycles. The first-order chi connectivity index (χ1) is 5.57. The molecule has 1 fully saturated rings. The van der Waals surface area contributed by atoms with Crippen molar-refractivity contribution in [2.75, 3.05) is 7.11 Å². The first-order valence-corrected chi connectivity index (χ1v) is 4.12. The van der Waals surface area contributed by atoms with Gasteiger partial charge in [0.05, 0.1) is 12.2 Å². The van der Waals surface area contributed by atoms with Crippen molar-refractivity contribution in [3.05, 3.63) is 0 Å². The van der Waals surface area contributed by atoms with E-state index in [9.17, 15) is 10.2 Å². The Kier molecular flexibility index (Phi) is 3.06. The van der Waals surface area contributed by atoms with E-state index in [1.54, 1.807) is 13.8 Å². The van der Waals surface area contributed by atoms with Crippen molar-refractivity contribution >= 4 is 0 Å². The summed E-state index contributed by atoms with van der Waals surface area (Å²) in [6.07, 6.45) is -2.60. The highest BCUT2D eigenvalue weighted by atomic mass is 16.6. The average molecular weight is 176 g/mol. The second-order valence-electron chi connectivity index (χ2n) is 3.23. The van der Waals surface area contributed by atoms with E-state index in [4.69, 9.17) is 9.47 Å². The summed E-state index contributed by atoms with van der Waals surface area (Å²) >= 11 is 0. The fourth-order valence-corrected chi connectivity index (χ4v) is 1.51. The van der Waals surface area contributed by atoms with Crippen LogP contribution in [-0.2, 0) is 9.47 Å². The molecule has 72 valence electrons. The lowest BCUT2D eigenvalue weighted by Gasteiger charge is -2.39. The normalized spacial score (nSPS) is 49.2. The lowest BCUT2D eigenvalue weighted by molar-refractivity contribution is -0.219. The number of ether oxygens (including phenoxy) is 2. The summed E-state index contributed by atoms with van der Waals surface area (Å²) in [7, 11) is 1.47. The van der Waals surface area contributed by atoms with Gasteiger partial charge in [-0.05, 0) is 13.8 Å². The van der Waals surface area contributed by atoms with Crippen molar-refractivity contribution in [2.45, 2.75) is 44.4 Å². The minimum absolute atomic E-state index is 0.284. The van der Waals surface area contributed by atoms with Gasteiger partial charge in [0.25, 0.3) is 0 Å². The summed E-state index contributed by atoms with van der Waals surface area (Å²) in [5.74, 6) is 0. The molecule has 12 heavy (non-hydrogen) atoms. The molecular formula is C8H16O4. The molecule has 0 aromatic carbocycles. The van der Waals surface area contributed by atoms with Gasteiger partial charge in [0.15, 0.2) is 0 Å². The summed E-state index contributed by atoms with van der Waals surface area (Å²) in [5, 5.41) is 19.0. The third kappa shape index (κ3) is 1.61. The molecule has 0 aliphatic carbocycles. The SMILES string of the molecule is COC1C(O)C(C)OC(C)C1O. The summed E-state index contributed by atoms with van der Waals surface area (Å²) in [6, 6.07) is 0. The van der Waals surface area contributed by atoms with Gasteiger partial charge in [-0.25, -0.2) is 0 Å². The Bertz CT molecular complexity index is 136. The molecule has 0 amide bonds. The molecule has 0 saturated carbocycles. The zero-order valence-corrected chi connectivity index (χ0v) is 7.60. The van der Waals surface area contributed by atoms with E-state index in [2.05, 4.69) is 0 Å². The minimum Gasteiger partial charge on any atom is -0.388 e. The molecule has 0 bridgehead atoms. The van der Waals surface area contributed by atoms with Crippen LogP contribution in [-0.4, -0.2) is 47.8 Å². The molecule has 1 saturated heterocycles. The fourth-order valence-electron chi connectivity index (χ4n) is 1.51. The number of methoxy groups -OCH3 is 1. The lowest BCUT2D eigenvalue weighted by Crippen LogP contribution is -2.56. The summed E-state index contributed by atoms with van der Waals surface area (Å²) in [6.45, 7) is 3.53. The van der Waals surface area contributed by atoms with Crippen molar-refractivity contribution in [2.24, 2.45) is 0 Å². The standard InChI is InChI=1S/C8H16O4/c1-4-6(9)8(11-3)7(10)5(2)12-4/h4-10H,1-3H3. The zero-order valence-electron chi connectivity index (χ0n) is 7.60. The average Bonchev–Trinajstić information content (AvgIpc) is 2.02. The van der Waals surface area contributed by atoms with Gasteiger partial charge in [0.1, 0.15) is 18.3 Å². The molecule has 0 aromatic rings. The molecule has 2 N–H and O–H groups in total. The van der Waals surface area contributed by atoms with E-state index in [0.717, 1.165) is 0 Å². The predicted octanol–water partition coefficient (Wildman–Crippen LogP) is -0.470. The van der Waals surface area contributed by atoms with Gasteiger partial charge in [0.2, 0.25) is 0 Å². The van der Waals surface area contributed by atoms with Crippen molar-refractivity contribution in [1.29, 1.82) is 0 Å². The van der Waals surface area contributed by atoms with Crippen LogP contribution in [0.15, 0.2) is 0 Å². The molecule has 1 rings (SSSR count). The summed E-state index contributed by atoms with van der Waals surface area (Å²) in [5.41, 5.74) is 0. The smallest absolute Gasteiger partial charge is 0.114 e. The molecule has 4 nitrogen and oxygen atoms in total. The molecule has 4 unspecified atom stereocenters. The fraction of sp³-hybridized carbons (Fsp3) is 1.00. The van der Waals surface area contributed by atoms with E-state index in [1.165, 1.54) is 7.11 Å². The van der Waals surface area contributed by atoms with E-state index in [1.807, 2.05) is 0 Å². The molecule has 0 aromatic heterocycles. The van der Waals surface area contributed by atoms with Crippen LogP contribution in [0.4, 0.5) is 0 Å². The van der Waals surface area contributed by atoms with Crippen molar-refractivity contribution in [3.8, 4) is 0 Å². The van der Waals surface area contributed by atoms with Crippen LogP contribution in [0.2, 0.25) is 0 Å². The van der Waals surface area contributed by atoms with Crippen molar-refractivity contribution in [1.82, 2.24) is 0 Å². The molecule has 4 atom stereocenters. The largest absolute Gasteiger partial charge is 0.388 e. The van der Waals surface area contributed by atoms with Crippen LogP contribution in [0.5, 0.6) is 0 Å². The first kappa shape index (κ1) is 9.92. The van der Waals surface area contributed by atoms with Crippen LogP contribution in [0.25, 0.3) is 0 Å². The molecule has 1 aliphatic heterocycles. The predicted molar refractivity (Wildman–Crippen MR) is 42.8 cm³/mol. The first-order valence-electron chi connectivity index (χ1n) is 4.12. The molecule has 0 radical (unpaired) electrons. The van der Waals surface area contributed by atoms with Gasteiger partial charge in [-0.1, -0.05) is 0 Å². The van der Waals surface area contributed by atoms with Crippen LogP contribution in [0.3, 0.4) is 0 Å². The van der Waals surface area contributed by atoms with Gasteiger partial charge in [-0.15, -0.1) is 0 Å². The highest BCUT2D eigenvalue weighted by Gasteiger charge is 2.40. The van der Waals surface area contributed by atoms with Gasteiger partial charge >= 0.3 is 0 Å². The van der Waals surface area contributed by atoms with Gasteiger partial charge in [0, 0.05) is 7.11 Å². The van der Waals surface area contributed by atoms with Gasteiger partial charge in [-0.3, -0.25) is 0 Å². The Labute approximate surface area is 72.1 Å². The van der Waals surface area contributed by atoms with Crippen molar-refractivity contribution in [3.63, 3.8) is 0 Å². The number of aliphatic hydroxyl groups excluding tert-OH is 2. The van der Waals surface area contributed by atoms with E-state index >= 15 is 0 Å². The molecule has 4 heteroatoms. The van der Waals surface area contributed by atoms with Crippen molar-refractivity contribution < 1.29 is 19.7 Å². The summed E-state index contributed by atoms with van der Waals surface area (Å²) in [4.78, 5) is 0. The van der Waals surface area contributed by atoms with Crippen LogP contribution in [0.1, 0.15) is 13.8 Å². The Morgan fingerprint density at radius 2 is 1.50 bits per heavy atom. The second-order valence-corrected chi connectivity index (χ2v) is 3.23. The zero-order chi connectivity index (χ0) is 9.30. The molecule has 1 aliphatic rings. The second kappa shape index (κ2) is 3.70. The Balaban J connectivity index is 2.67. The highest BCUT2D eigenvalue weighted by molar-refractivity contribution is 4.89. The monoisotopic (exact) mass is 176 g/mol. The highest BCUT2D eigenvalue weighted by Crippen LogP contribution is 2.22. The van der Waals surface area contributed by atoms with Gasteiger partial charge < -0.3 is 19.7 Å². The number of aliphatic hydroxyl groups is 2. The maximum absolute atomic E-state index is 9.52. The number of rotatable bonds is 1. The van der Waals surface area contributed by atoms with E-state index < -0.39 is 18.3 Å². The quantitative estimate of drug-likeness (QED) is 0.567. The summed E-state index contributed by atoms with van der Waals surface area (Å²) < 4.78 is 10.2. The Hall–Kier alpha value is -0.160.